The Labute approximate surface area is 136 Å². The van der Waals surface area contributed by atoms with Crippen LogP contribution in [0.15, 0.2) is 12.4 Å². The molecule has 2 aliphatic rings. The number of piperidine rings is 1. The Kier molecular flexibility index (Phi) is 4.13. The van der Waals surface area contributed by atoms with Crippen molar-refractivity contribution in [2.75, 3.05) is 13.1 Å². The van der Waals surface area contributed by atoms with Gasteiger partial charge in [0, 0.05) is 37.9 Å². The Balaban J connectivity index is 1.41. The zero-order chi connectivity index (χ0) is 15.6. The quantitative estimate of drug-likeness (QED) is 0.909. The van der Waals surface area contributed by atoms with Gasteiger partial charge < -0.3 is 9.72 Å². The van der Waals surface area contributed by atoms with Crippen molar-refractivity contribution >= 4 is 0 Å². The highest BCUT2D eigenvalue weighted by atomic mass is 16.5. The van der Waals surface area contributed by atoms with Gasteiger partial charge in [0.15, 0.2) is 0 Å². The summed E-state index contributed by atoms with van der Waals surface area (Å²) in [5, 5.41) is 8.29. The number of imidazole rings is 1. The van der Waals surface area contributed by atoms with Crippen LogP contribution in [0.4, 0.5) is 0 Å². The normalized spacial score (nSPS) is 24.4. The lowest BCUT2D eigenvalue weighted by Crippen LogP contribution is -2.47. The molecule has 124 valence electrons. The van der Waals surface area contributed by atoms with Crippen LogP contribution in [0, 0.1) is 0 Å². The molecule has 7 nitrogen and oxygen atoms in total. The van der Waals surface area contributed by atoms with Crippen LogP contribution in [0.3, 0.4) is 0 Å². The van der Waals surface area contributed by atoms with Crippen molar-refractivity contribution in [2.24, 2.45) is 0 Å². The second kappa shape index (κ2) is 6.41. The summed E-state index contributed by atoms with van der Waals surface area (Å²) in [7, 11) is 0. The highest BCUT2D eigenvalue weighted by Crippen LogP contribution is 2.30. The van der Waals surface area contributed by atoms with E-state index in [1.54, 1.807) is 0 Å². The lowest BCUT2D eigenvalue weighted by molar-refractivity contribution is -0.0671. The number of nitrogens with one attached hydrogen (secondary N) is 1. The van der Waals surface area contributed by atoms with Gasteiger partial charge in [0.1, 0.15) is 5.82 Å². The van der Waals surface area contributed by atoms with E-state index in [0.29, 0.717) is 6.61 Å². The molecule has 0 unspecified atom stereocenters. The van der Waals surface area contributed by atoms with Gasteiger partial charge in [0.2, 0.25) is 0 Å². The SMILES string of the molecule is CCCCc1ncc(CN2CC[C@H]3OCc4cnnn4[C@H]3C2)[nH]1. The van der Waals surface area contributed by atoms with Crippen molar-refractivity contribution in [2.45, 2.75) is 57.9 Å². The molecular formula is C16H24N6O. The Hall–Kier alpha value is -1.73. The van der Waals surface area contributed by atoms with Gasteiger partial charge in [-0.2, -0.15) is 0 Å². The third-order valence-corrected chi connectivity index (χ3v) is 4.85. The molecule has 7 heteroatoms. The number of likely N-dealkylation sites (tertiary alicyclic amines) is 1. The molecule has 0 bridgehead atoms. The molecule has 0 aromatic carbocycles. The van der Waals surface area contributed by atoms with Crippen molar-refractivity contribution in [1.29, 1.82) is 0 Å². The highest BCUT2D eigenvalue weighted by Gasteiger charge is 2.36. The molecule has 0 amide bonds. The first-order valence-corrected chi connectivity index (χ1v) is 8.59. The fraction of sp³-hybridized carbons (Fsp3) is 0.688. The molecule has 4 rings (SSSR count). The largest absolute Gasteiger partial charge is 0.370 e. The number of nitrogens with zero attached hydrogens (tertiary/aromatic N) is 5. The zero-order valence-corrected chi connectivity index (χ0v) is 13.6. The fourth-order valence-electron chi connectivity index (χ4n) is 3.59. The molecule has 4 heterocycles. The van der Waals surface area contributed by atoms with Crippen molar-refractivity contribution in [3.8, 4) is 0 Å². The molecule has 0 saturated carbocycles. The third-order valence-electron chi connectivity index (χ3n) is 4.85. The Bertz CT molecular complexity index is 651. The molecule has 1 saturated heterocycles. The van der Waals surface area contributed by atoms with Gasteiger partial charge in [0.25, 0.3) is 0 Å². The molecule has 0 spiro atoms. The van der Waals surface area contributed by atoms with Gasteiger partial charge in [-0.15, -0.1) is 5.10 Å². The van der Waals surface area contributed by atoms with Gasteiger partial charge >= 0.3 is 0 Å². The molecule has 2 aromatic heterocycles. The molecule has 2 aromatic rings. The van der Waals surface area contributed by atoms with Gasteiger partial charge in [-0.1, -0.05) is 18.6 Å². The first-order valence-electron chi connectivity index (χ1n) is 8.59. The van der Waals surface area contributed by atoms with Crippen molar-refractivity contribution in [1.82, 2.24) is 29.9 Å². The number of unbranched alkanes of at least 4 members (excludes halogenated alkanes) is 1. The number of hydrogen-bond acceptors (Lipinski definition) is 5. The summed E-state index contributed by atoms with van der Waals surface area (Å²) in [6.07, 6.45) is 8.53. The van der Waals surface area contributed by atoms with Gasteiger partial charge in [0.05, 0.1) is 30.6 Å². The van der Waals surface area contributed by atoms with Gasteiger partial charge in [-0.3, -0.25) is 4.90 Å². The predicted octanol–water partition coefficient (Wildman–Crippen LogP) is 1.69. The number of ether oxygens (including phenoxy) is 1. The summed E-state index contributed by atoms with van der Waals surface area (Å²) in [6, 6.07) is 0.275. The predicted molar refractivity (Wildman–Crippen MR) is 84.7 cm³/mol. The van der Waals surface area contributed by atoms with Crippen LogP contribution in [0.25, 0.3) is 0 Å². The van der Waals surface area contributed by atoms with Gasteiger partial charge in [-0.05, 0) is 12.8 Å². The second-order valence-corrected chi connectivity index (χ2v) is 6.57. The van der Waals surface area contributed by atoms with E-state index in [9.17, 15) is 0 Å². The molecule has 0 aliphatic carbocycles. The van der Waals surface area contributed by atoms with Crippen molar-refractivity contribution in [3.63, 3.8) is 0 Å². The molecule has 0 radical (unpaired) electrons. The summed E-state index contributed by atoms with van der Waals surface area (Å²) in [4.78, 5) is 10.4. The maximum Gasteiger partial charge on any atom is 0.106 e. The van der Waals surface area contributed by atoms with Crippen molar-refractivity contribution < 1.29 is 4.74 Å². The first kappa shape index (κ1) is 14.8. The Morgan fingerprint density at radius 3 is 3.26 bits per heavy atom. The van der Waals surface area contributed by atoms with Crippen LogP contribution >= 0.6 is 0 Å². The number of rotatable bonds is 5. The van der Waals surface area contributed by atoms with Crippen LogP contribution in [0.2, 0.25) is 0 Å². The summed E-state index contributed by atoms with van der Waals surface area (Å²) in [5.41, 5.74) is 2.28. The standard InChI is InChI=1S/C16H24N6O/c1-2-3-4-16-17-7-12(19-16)9-21-6-5-15-14(10-21)22-13(11-23-15)8-18-20-22/h7-8,14-15H,2-6,9-11H2,1H3,(H,17,19)/t14-,15+/m0/s1. The minimum Gasteiger partial charge on any atom is -0.370 e. The van der Waals surface area contributed by atoms with Crippen LogP contribution in [-0.2, 0) is 24.3 Å². The Morgan fingerprint density at radius 1 is 1.39 bits per heavy atom. The minimum atomic E-state index is 0.266. The van der Waals surface area contributed by atoms with E-state index in [1.807, 2.05) is 12.4 Å². The van der Waals surface area contributed by atoms with Gasteiger partial charge in [-0.25, -0.2) is 9.67 Å². The van der Waals surface area contributed by atoms with E-state index in [-0.39, 0.29) is 12.1 Å². The maximum atomic E-state index is 5.97. The molecule has 2 aliphatic heterocycles. The smallest absolute Gasteiger partial charge is 0.106 e. The molecule has 1 N–H and O–H groups in total. The average Bonchev–Trinajstić information content (AvgIpc) is 3.22. The van der Waals surface area contributed by atoms with E-state index in [0.717, 1.165) is 44.0 Å². The van der Waals surface area contributed by atoms with E-state index >= 15 is 0 Å². The van der Waals surface area contributed by atoms with E-state index in [2.05, 4.69) is 36.8 Å². The number of fused-ring (bicyclic) bond motifs is 3. The fourth-order valence-corrected chi connectivity index (χ4v) is 3.59. The lowest BCUT2D eigenvalue weighted by atomic mass is 10.0. The van der Waals surface area contributed by atoms with E-state index < -0.39 is 0 Å². The summed E-state index contributed by atoms with van der Waals surface area (Å²) in [6.45, 7) is 5.75. The van der Waals surface area contributed by atoms with E-state index in [1.165, 1.54) is 18.5 Å². The minimum absolute atomic E-state index is 0.266. The second-order valence-electron chi connectivity index (χ2n) is 6.57. The number of aryl methyl sites for hydroxylation is 1. The number of aromatic nitrogens is 5. The summed E-state index contributed by atoms with van der Waals surface area (Å²) in [5.74, 6) is 1.11. The van der Waals surface area contributed by atoms with Crippen LogP contribution in [-0.4, -0.2) is 49.1 Å². The zero-order valence-electron chi connectivity index (χ0n) is 13.6. The highest BCUT2D eigenvalue weighted by molar-refractivity contribution is 5.04. The third kappa shape index (κ3) is 3.03. The summed E-state index contributed by atoms with van der Waals surface area (Å²) < 4.78 is 8.02. The topological polar surface area (TPSA) is 71.9 Å². The molecule has 2 atom stereocenters. The van der Waals surface area contributed by atoms with Crippen LogP contribution in [0.5, 0.6) is 0 Å². The number of aromatic amines is 1. The summed E-state index contributed by atoms with van der Waals surface area (Å²) >= 11 is 0. The molecule has 1 fully saturated rings. The van der Waals surface area contributed by atoms with Crippen molar-refractivity contribution in [3.05, 3.63) is 29.6 Å². The molecular weight excluding hydrogens is 292 g/mol. The monoisotopic (exact) mass is 316 g/mol. The number of H-pyrrole nitrogens is 1. The van der Waals surface area contributed by atoms with E-state index in [4.69, 9.17) is 4.74 Å². The van der Waals surface area contributed by atoms with Crippen LogP contribution in [0.1, 0.15) is 49.4 Å². The Morgan fingerprint density at radius 2 is 2.35 bits per heavy atom. The molecule has 23 heavy (non-hydrogen) atoms. The average molecular weight is 316 g/mol. The van der Waals surface area contributed by atoms with Crippen LogP contribution < -0.4 is 0 Å². The number of hydrogen-bond donors (Lipinski definition) is 1. The lowest BCUT2D eigenvalue weighted by Gasteiger charge is -2.40. The maximum absolute atomic E-state index is 5.97. The first-order chi connectivity index (χ1) is 11.3.